The van der Waals surface area contributed by atoms with Crippen molar-refractivity contribution >= 4 is 41.3 Å². The summed E-state index contributed by atoms with van der Waals surface area (Å²) in [6.45, 7) is 7.85. The van der Waals surface area contributed by atoms with Crippen molar-refractivity contribution in [3.05, 3.63) is 34.1 Å². The van der Waals surface area contributed by atoms with E-state index in [2.05, 4.69) is 50.2 Å². The van der Waals surface area contributed by atoms with E-state index in [4.69, 9.17) is 4.52 Å². The van der Waals surface area contributed by atoms with E-state index in [1.165, 1.54) is 4.88 Å². The summed E-state index contributed by atoms with van der Waals surface area (Å²) in [7, 11) is 1.77. The molecule has 1 atom stereocenters. The highest BCUT2D eigenvalue weighted by molar-refractivity contribution is 14.0. The third-order valence-electron chi connectivity index (χ3n) is 3.46. The molecule has 2 aromatic heterocycles. The number of guanidine groups is 1. The quantitative estimate of drug-likeness (QED) is 0.374. The van der Waals surface area contributed by atoms with E-state index < -0.39 is 0 Å². The molecule has 8 heteroatoms. The van der Waals surface area contributed by atoms with E-state index in [1.54, 1.807) is 18.4 Å². The van der Waals surface area contributed by atoms with Crippen LogP contribution in [0.4, 0.5) is 0 Å². The molecular weight excluding hydrogens is 437 g/mol. The summed E-state index contributed by atoms with van der Waals surface area (Å²) < 4.78 is 5.23. The molecule has 0 spiro atoms. The number of hydrogen-bond donors (Lipinski definition) is 2. The third kappa shape index (κ3) is 6.39. The molecule has 0 saturated carbocycles. The van der Waals surface area contributed by atoms with E-state index in [0.29, 0.717) is 24.8 Å². The molecule has 0 aliphatic heterocycles. The molecule has 0 aliphatic carbocycles. The van der Waals surface area contributed by atoms with Gasteiger partial charge in [0.25, 0.3) is 0 Å². The lowest BCUT2D eigenvalue weighted by Gasteiger charge is -2.14. The molecule has 2 rings (SSSR count). The average molecular weight is 463 g/mol. The number of thiophene rings is 1. The first-order chi connectivity index (χ1) is 11.1. The lowest BCUT2D eigenvalue weighted by molar-refractivity contribution is 0.371. The van der Waals surface area contributed by atoms with Crippen molar-refractivity contribution in [3.8, 4) is 0 Å². The topological polar surface area (TPSA) is 75.3 Å². The van der Waals surface area contributed by atoms with Gasteiger partial charge in [-0.25, -0.2) is 0 Å². The van der Waals surface area contributed by atoms with Gasteiger partial charge < -0.3 is 15.2 Å². The predicted molar refractivity (Wildman–Crippen MR) is 110 cm³/mol. The molecule has 2 aromatic rings. The van der Waals surface area contributed by atoms with Crippen LogP contribution in [0.1, 0.15) is 49.2 Å². The van der Waals surface area contributed by atoms with Crippen molar-refractivity contribution in [2.45, 2.75) is 39.0 Å². The van der Waals surface area contributed by atoms with Gasteiger partial charge in [-0.15, -0.1) is 35.3 Å². The highest BCUT2D eigenvalue weighted by Crippen LogP contribution is 2.19. The largest absolute Gasteiger partial charge is 0.356 e. The minimum atomic E-state index is 0. The van der Waals surface area contributed by atoms with Crippen molar-refractivity contribution in [1.29, 1.82) is 0 Å². The van der Waals surface area contributed by atoms with Crippen LogP contribution < -0.4 is 10.6 Å². The Kier molecular flexibility index (Phi) is 9.27. The molecule has 2 N–H and O–H groups in total. The van der Waals surface area contributed by atoms with Gasteiger partial charge in [0.1, 0.15) is 0 Å². The SMILES string of the molecule is CN=C(NCCc1nc(C(C)C)no1)NCC(C)c1cccs1.I. The maximum Gasteiger partial charge on any atom is 0.228 e. The first-order valence-electron chi connectivity index (χ1n) is 7.90. The molecule has 0 fully saturated rings. The summed E-state index contributed by atoms with van der Waals surface area (Å²) in [6.07, 6.45) is 0.681. The Hall–Kier alpha value is -1.16. The molecule has 0 saturated heterocycles. The second-order valence-corrected chi connectivity index (χ2v) is 6.73. The van der Waals surface area contributed by atoms with Gasteiger partial charge in [0.15, 0.2) is 11.8 Å². The zero-order valence-electron chi connectivity index (χ0n) is 14.6. The molecule has 0 aliphatic rings. The Morgan fingerprint density at radius 3 is 2.71 bits per heavy atom. The van der Waals surface area contributed by atoms with Crippen LogP contribution in [0, 0.1) is 0 Å². The number of aliphatic imine (C=N–C) groups is 1. The van der Waals surface area contributed by atoms with Crippen molar-refractivity contribution < 1.29 is 4.52 Å². The Morgan fingerprint density at radius 2 is 2.12 bits per heavy atom. The summed E-state index contributed by atoms with van der Waals surface area (Å²) in [5.74, 6) is 2.94. The van der Waals surface area contributed by atoms with Gasteiger partial charge in [-0.2, -0.15) is 4.98 Å². The molecule has 0 amide bonds. The fourth-order valence-electron chi connectivity index (χ4n) is 2.03. The van der Waals surface area contributed by atoms with Crippen LogP contribution in [0.5, 0.6) is 0 Å². The Labute approximate surface area is 164 Å². The molecular formula is C16H26IN5OS. The molecule has 6 nitrogen and oxygen atoms in total. The Morgan fingerprint density at radius 1 is 1.33 bits per heavy atom. The number of halogens is 1. The van der Waals surface area contributed by atoms with E-state index in [1.807, 2.05) is 13.8 Å². The van der Waals surface area contributed by atoms with Crippen LogP contribution >= 0.6 is 35.3 Å². The molecule has 134 valence electrons. The van der Waals surface area contributed by atoms with Gasteiger partial charge in [0.2, 0.25) is 5.89 Å². The monoisotopic (exact) mass is 463 g/mol. The van der Waals surface area contributed by atoms with Crippen molar-refractivity contribution in [2.75, 3.05) is 20.1 Å². The first-order valence-corrected chi connectivity index (χ1v) is 8.78. The Bertz CT molecular complexity index is 612. The summed E-state index contributed by atoms with van der Waals surface area (Å²) in [5, 5.41) is 12.7. The number of rotatable bonds is 7. The number of nitrogens with zero attached hydrogens (tertiary/aromatic N) is 3. The van der Waals surface area contributed by atoms with Crippen LogP contribution in [0.3, 0.4) is 0 Å². The molecule has 2 heterocycles. The van der Waals surface area contributed by atoms with Crippen LogP contribution in [0.15, 0.2) is 27.0 Å². The number of aromatic nitrogens is 2. The van der Waals surface area contributed by atoms with Gasteiger partial charge in [0.05, 0.1) is 0 Å². The van der Waals surface area contributed by atoms with E-state index in [0.717, 1.165) is 18.3 Å². The summed E-state index contributed by atoms with van der Waals surface area (Å²) in [5.41, 5.74) is 0. The fraction of sp³-hybridized carbons (Fsp3) is 0.562. The van der Waals surface area contributed by atoms with Crippen LogP contribution in [-0.4, -0.2) is 36.2 Å². The highest BCUT2D eigenvalue weighted by Gasteiger charge is 2.10. The molecule has 1 unspecified atom stereocenters. The maximum absolute atomic E-state index is 5.23. The smallest absolute Gasteiger partial charge is 0.228 e. The second kappa shape index (κ2) is 10.7. The molecule has 0 aromatic carbocycles. The molecule has 24 heavy (non-hydrogen) atoms. The van der Waals surface area contributed by atoms with Crippen LogP contribution in [0.25, 0.3) is 0 Å². The van der Waals surface area contributed by atoms with Gasteiger partial charge in [-0.1, -0.05) is 32.0 Å². The predicted octanol–water partition coefficient (Wildman–Crippen LogP) is 3.38. The van der Waals surface area contributed by atoms with Crippen LogP contribution in [-0.2, 0) is 6.42 Å². The second-order valence-electron chi connectivity index (χ2n) is 5.75. The summed E-state index contributed by atoms with van der Waals surface area (Å²) >= 11 is 1.78. The maximum atomic E-state index is 5.23. The minimum absolute atomic E-state index is 0. The highest BCUT2D eigenvalue weighted by atomic mass is 127. The standard InChI is InChI=1S/C16H25N5OS.HI/c1-11(2)15-20-14(22-21-15)7-8-18-16(17-4)19-10-12(3)13-6-5-9-23-13;/h5-6,9,11-12H,7-8,10H2,1-4H3,(H2,17,18,19);1H. The van der Waals surface area contributed by atoms with Gasteiger partial charge >= 0.3 is 0 Å². The van der Waals surface area contributed by atoms with Crippen molar-refractivity contribution in [3.63, 3.8) is 0 Å². The minimum Gasteiger partial charge on any atom is -0.356 e. The first kappa shape index (κ1) is 20.9. The van der Waals surface area contributed by atoms with Crippen molar-refractivity contribution in [1.82, 2.24) is 20.8 Å². The van der Waals surface area contributed by atoms with E-state index >= 15 is 0 Å². The summed E-state index contributed by atoms with van der Waals surface area (Å²) in [4.78, 5) is 9.98. The van der Waals surface area contributed by atoms with E-state index in [-0.39, 0.29) is 29.9 Å². The summed E-state index contributed by atoms with van der Waals surface area (Å²) in [6, 6.07) is 4.24. The van der Waals surface area contributed by atoms with Gasteiger partial charge in [-0.3, -0.25) is 4.99 Å². The zero-order valence-corrected chi connectivity index (χ0v) is 17.7. The van der Waals surface area contributed by atoms with E-state index in [9.17, 15) is 0 Å². The molecule has 0 bridgehead atoms. The van der Waals surface area contributed by atoms with Crippen LogP contribution in [0.2, 0.25) is 0 Å². The van der Waals surface area contributed by atoms with Crippen molar-refractivity contribution in [2.24, 2.45) is 4.99 Å². The fourth-order valence-corrected chi connectivity index (χ4v) is 2.82. The van der Waals surface area contributed by atoms with Gasteiger partial charge in [-0.05, 0) is 11.4 Å². The Balaban J connectivity index is 0.00000288. The van der Waals surface area contributed by atoms with Gasteiger partial charge in [0, 0.05) is 43.3 Å². The lowest BCUT2D eigenvalue weighted by atomic mass is 10.1. The third-order valence-corrected chi connectivity index (χ3v) is 4.56. The normalized spacial score (nSPS) is 12.8. The zero-order chi connectivity index (χ0) is 16.7. The number of hydrogen-bond acceptors (Lipinski definition) is 5. The number of nitrogens with one attached hydrogen (secondary N) is 2. The lowest BCUT2D eigenvalue weighted by Crippen LogP contribution is -2.39. The average Bonchev–Trinajstić information content (AvgIpc) is 3.21. The molecule has 0 radical (unpaired) electrons.